The van der Waals surface area contributed by atoms with Crippen LogP contribution in [-0.2, 0) is 22.6 Å². The molecule has 3 rings (SSSR count). The van der Waals surface area contributed by atoms with Crippen LogP contribution < -0.4 is 0 Å². The van der Waals surface area contributed by atoms with E-state index < -0.39 is 0 Å². The van der Waals surface area contributed by atoms with E-state index in [-0.39, 0.29) is 17.7 Å². The molecule has 0 saturated heterocycles. The number of nitrogens with zero attached hydrogens (tertiary/aromatic N) is 2. The molecule has 2 aromatic carbocycles. The van der Waals surface area contributed by atoms with E-state index in [2.05, 4.69) is 24.3 Å². The van der Waals surface area contributed by atoms with E-state index in [0.717, 1.165) is 24.8 Å². The Balaban J connectivity index is 1.66. The molecule has 1 fully saturated rings. The van der Waals surface area contributed by atoms with Crippen molar-refractivity contribution in [3.8, 4) is 0 Å². The predicted octanol–water partition coefficient (Wildman–Crippen LogP) is 5.47. The maximum atomic E-state index is 13.3. The van der Waals surface area contributed by atoms with Gasteiger partial charge in [0.1, 0.15) is 0 Å². The molecule has 0 bridgehead atoms. The van der Waals surface area contributed by atoms with E-state index in [9.17, 15) is 9.59 Å². The van der Waals surface area contributed by atoms with Crippen LogP contribution >= 0.6 is 0 Å². The topological polar surface area (TPSA) is 40.6 Å². The number of rotatable bonds is 10. The van der Waals surface area contributed by atoms with Crippen LogP contribution in [0.2, 0.25) is 0 Å². The van der Waals surface area contributed by atoms with Gasteiger partial charge in [-0.05, 0) is 30.4 Å². The molecule has 0 aliphatic heterocycles. The number of carbonyl (C=O) groups is 2. The van der Waals surface area contributed by atoms with Gasteiger partial charge < -0.3 is 9.80 Å². The first-order chi connectivity index (χ1) is 15.5. The minimum atomic E-state index is -0.0365. The van der Waals surface area contributed by atoms with Crippen molar-refractivity contribution in [1.82, 2.24) is 9.80 Å². The quantitative estimate of drug-likeness (QED) is 0.498. The maximum Gasteiger partial charge on any atom is 0.225 e. The van der Waals surface area contributed by atoms with Gasteiger partial charge in [0.15, 0.2) is 0 Å². The predicted molar refractivity (Wildman–Crippen MR) is 130 cm³/mol. The van der Waals surface area contributed by atoms with Crippen LogP contribution in [0.1, 0.15) is 63.5 Å². The van der Waals surface area contributed by atoms with Crippen LogP contribution in [0.25, 0.3) is 0 Å². The fourth-order valence-corrected chi connectivity index (χ4v) is 4.58. The lowest BCUT2D eigenvalue weighted by atomic mass is 9.93. The van der Waals surface area contributed by atoms with E-state index in [1.165, 1.54) is 24.8 Å². The lowest BCUT2D eigenvalue weighted by Crippen LogP contribution is -2.45. The Hall–Kier alpha value is -2.62. The van der Waals surface area contributed by atoms with Gasteiger partial charge >= 0.3 is 0 Å². The first-order valence-electron chi connectivity index (χ1n) is 12.2. The number of carbonyl (C=O) groups excluding carboxylic acids is 2. The summed E-state index contributed by atoms with van der Waals surface area (Å²) in [7, 11) is 0. The van der Waals surface area contributed by atoms with E-state index in [1.807, 2.05) is 60.0 Å². The van der Waals surface area contributed by atoms with E-state index in [0.29, 0.717) is 32.1 Å². The summed E-state index contributed by atoms with van der Waals surface area (Å²) in [4.78, 5) is 30.2. The standard InChI is InChI=1S/C28H38N2O2/c1-23(2)28(32)30(26-16-10-5-11-17-26)21-19-27(31)29(22-25-14-8-4-9-15-25)20-18-24-12-6-3-7-13-24/h3-4,6-9,12-15,23,26H,5,10-11,16-22H2,1-2H3. The van der Waals surface area contributed by atoms with Crippen molar-refractivity contribution in [3.05, 3.63) is 71.8 Å². The summed E-state index contributed by atoms with van der Waals surface area (Å²) >= 11 is 0. The Morgan fingerprint density at radius 1 is 0.844 bits per heavy atom. The molecular weight excluding hydrogens is 396 g/mol. The third kappa shape index (κ3) is 7.22. The minimum Gasteiger partial charge on any atom is -0.339 e. The Bertz CT molecular complexity index is 829. The molecule has 172 valence electrons. The van der Waals surface area contributed by atoms with Gasteiger partial charge in [-0.3, -0.25) is 9.59 Å². The molecule has 0 aromatic heterocycles. The molecule has 0 heterocycles. The van der Waals surface area contributed by atoms with Gasteiger partial charge in [0.05, 0.1) is 0 Å². The molecule has 1 aliphatic carbocycles. The van der Waals surface area contributed by atoms with Crippen molar-refractivity contribution in [2.24, 2.45) is 5.92 Å². The number of hydrogen-bond donors (Lipinski definition) is 0. The lowest BCUT2D eigenvalue weighted by Gasteiger charge is -2.36. The summed E-state index contributed by atoms with van der Waals surface area (Å²) in [5.74, 6) is 0.274. The van der Waals surface area contributed by atoms with Gasteiger partial charge in [0, 0.05) is 38.0 Å². The van der Waals surface area contributed by atoms with Gasteiger partial charge in [-0.25, -0.2) is 0 Å². The first kappa shape index (κ1) is 24.0. The van der Waals surface area contributed by atoms with Gasteiger partial charge in [-0.1, -0.05) is 93.8 Å². The van der Waals surface area contributed by atoms with E-state index >= 15 is 0 Å². The van der Waals surface area contributed by atoms with Crippen LogP contribution in [-0.4, -0.2) is 40.7 Å². The van der Waals surface area contributed by atoms with E-state index in [1.54, 1.807) is 0 Å². The monoisotopic (exact) mass is 434 g/mol. The Labute approximate surface area is 193 Å². The SMILES string of the molecule is CC(C)C(=O)N(CCC(=O)N(CCc1ccccc1)Cc1ccccc1)C1CCCCC1. The van der Waals surface area contributed by atoms with Crippen molar-refractivity contribution >= 4 is 11.8 Å². The summed E-state index contributed by atoms with van der Waals surface area (Å²) in [5, 5.41) is 0. The fourth-order valence-electron chi connectivity index (χ4n) is 4.58. The van der Waals surface area contributed by atoms with E-state index in [4.69, 9.17) is 0 Å². The molecule has 4 heteroatoms. The summed E-state index contributed by atoms with van der Waals surface area (Å²) in [6, 6.07) is 20.8. The van der Waals surface area contributed by atoms with Crippen LogP contribution in [0.15, 0.2) is 60.7 Å². The van der Waals surface area contributed by atoms with Crippen molar-refractivity contribution in [2.75, 3.05) is 13.1 Å². The number of hydrogen-bond acceptors (Lipinski definition) is 2. The number of amides is 2. The Morgan fingerprint density at radius 3 is 2.03 bits per heavy atom. The van der Waals surface area contributed by atoms with Crippen LogP contribution in [0.3, 0.4) is 0 Å². The van der Waals surface area contributed by atoms with Crippen LogP contribution in [0.4, 0.5) is 0 Å². The zero-order valence-electron chi connectivity index (χ0n) is 19.7. The van der Waals surface area contributed by atoms with Gasteiger partial charge in [-0.15, -0.1) is 0 Å². The number of benzene rings is 2. The lowest BCUT2D eigenvalue weighted by molar-refractivity contribution is -0.139. The van der Waals surface area contributed by atoms with Gasteiger partial charge in [-0.2, -0.15) is 0 Å². The smallest absolute Gasteiger partial charge is 0.225 e. The van der Waals surface area contributed by atoms with Crippen molar-refractivity contribution in [3.63, 3.8) is 0 Å². The summed E-state index contributed by atoms with van der Waals surface area (Å²) in [5.41, 5.74) is 2.37. The van der Waals surface area contributed by atoms with Crippen molar-refractivity contribution in [2.45, 2.75) is 71.4 Å². The third-order valence-corrected chi connectivity index (χ3v) is 6.44. The summed E-state index contributed by atoms with van der Waals surface area (Å²) in [6.07, 6.45) is 6.95. The highest BCUT2D eigenvalue weighted by molar-refractivity contribution is 5.80. The molecule has 0 N–H and O–H groups in total. The Kier molecular flexibility index (Phi) is 9.33. The van der Waals surface area contributed by atoms with Gasteiger partial charge in [0.2, 0.25) is 11.8 Å². The highest BCUT2D eigenvalue weighted by atomic mass is 16.2. The van der Waals surface area contributed by atoms with Crippen molar-refractivity contribution < 1.29 is 9.59 Å². The molecule has 0 spiro atoms. The maximum absolute atomic E-state index is 13.3. The first-order valence-corrected chi connectivity index (χ1v) is 12.2. The molecule has 0 unspecified atom stereocenters. The second-order valence-corrected chi connectivity index (χ2v) is 9.26. The second-order valence-electron chi connectivity index (χ2n) is 9.26. The average molecular weight is 435 g/mol. The molecule has 1 saturated carbocycles. The molecule has 2 aromatic rings. The highest BCUT2D eigenvalue weighted by Gasteiger charge is 2.28. The normalized spacial score (nSPS) is 14.3. The minimum absolute atomic E-state index is 0.0365. The molecule has 0 radical (unpaired) electrons. The molecule has 0 atom stereocenters. The summed E-state index contributed by atoms with van der Waals surface area (Å²) < 4.78 is 0. The third-order valence-electron chi connectivity index (χ3n) is 6.44. The second kappa shape index (κ2) is 12.4. The molecule has 2 amide bonds. The highest BCUT2D eigenvalue weighted by Crippen LogP contribution is 2.24. The van der Waals surface area contributed by atoms with Crippen LogP contribution in [0, 0.1) is 5.92 Å². The fraction of sp³-hybridized carbons (Fsp3) is 0.500. The molecule has 1 aliphatic rings. The molecular formula is C28H38N2O2. The van der Waals surface area contributed by atoms with Gasteiger partial charge in [0.25, 0.3) is 0 Å². The van der Waals surface area contributed by atoms with Crippen LogP contribution in [0.5, 0.6) is 0 Å². The molecule has 4 nitrogen and oxygen atoms in total. The zero-order chi connectivity index (χ0) is 22.8. The summed E-state index contributed by atoms with van der Waals surface area (Å²) in [6.45, 7) is 5.73. The van der Waals surface area contributed by atoms with Crippen molar-refractivity contribution in [1.29, 1.82) is 0 Å². The average Bonchev–Trinajstić information content (AvgIpc) is 2.83. The largest absolute Gasteiger partial charge is 0.339 e. The zero-order valence-corrected chi connectivity index (χ0v) is 19.7. The molecule has 32 heavy (non-hydrogen) atoms. The Morgan fingerprint density at radius 2 is 1.44 bits per heavy atom.